The molecule has 0 aliphatic rings. The molecule has 1 unspecified atom stereocenters. The topological polar surface area (TPSA) is 166 Å². The third-order valence-electron chi connectivity index (χ3n) is 1.32. The summed E-state index contributed by atoms with van der Waals surface area (Å²) in [5, 5.41) is 27.4. The molecule has 1 heterocycles. The molecule has 10 heteroatoms. The first-order valence-corrected chi connectivity index (χ1v) is 4.18. The molecule has 9 nitrogen and oxygen atoms in total. The van der Waals surface area contributed by atoms with Crippen LogP contribution in [0.2, 0.25) is 0 Å². The number of aromatic amines is 2. The minimum Gasteiger partial charge on any atom is -0.547 e. The Balaban J connectivity index is 0. The van der Waals surface area contributed by atoms with E-state index in [9.17, 15) is 29.4 Å². The van der Waals surface area contributed by atoms with Gasteiger partial charge in [-0.05, 0) is 6.92 Å². The van der Waals surface area contributed by atoms with Crippen molar-refractivity contribution in [3.63, 3.8) is 0 Å². The van der Waals surface area contributed by atoms with E-state index in [2.05, 4.69) is 0 Å². The maximum absolute atomic E-state index is 10.4. The van der Waals surface area contributed by atoms with E-state index in [1.54, 1.807) is 0 Å². The summed E-state index contributed by atoms with van der Waals surface area (Å²) < 4.78 is 0. The predicted molar refractivity (Wildman–Crippen MR) is 54.5 cm³/mol. The molecular weight excluding hydrogens is 260 g/mol. The first kappa shape index (κ1) is 18.7. The molecule has 0 amide bonds. The molecule has 1 aromatic heterocycles. The summed E-state index contributed by atoms with van der Waals surface area (Å²) in [5.41, 5.74) is -2.16. The molecule has 0 aliphatic carbocycles. The van der Waals surface area contributed by atoms with Crippen LogP contribution < -0.4 is 21.5 Å². The summed E-state index contributed by atoms with van der Waals surface area (Å²) >= 11 is 0. The van der Waals surface area contributed by atoms with Gasteiger partial charge in [0, 0.05) is 6.07 Å². The number of aliphatic carboxylic acids is 1. The number of hydrogen-bond donors (Lipinski definition) is 3. The number of aliphatic hydroxyl groups excluding tert-OH is 1. The average molecular weight is 268 g/mol. The van der Waals surface area contributed by atoms with E-state index in [1.807, 2.05) is 9.97 Å². The number of H-pyrrole nitrogens is 2. The van der Waals surface area contributed by atoms with E-state index in [0.717, 1.165) is 13.0 Å². The van der Waals surface area contributed by atoms with Gasteiger partial charge in [-0.1, -0.05) is 0 Å². The third kappa shape index (κ3) is 7.59. The fourth-order valence-electron chi connectivity index (χ4n) is 0.579. The van der Waals surface area contributed by atoms with Crippen molar-refractivity contribution in [3.8, 4) is 0 Å². The monoisotopic (exact) mass is 268 g/mol. The zero-order chi connectivity index (χ0) is 13.6. The van der Waals surface area contributed by atoms with Gasteiger partial charge in [-0.15, -0.1) is 0 Å². The first-order chi connectivity index (χ1) is 7.73. The molecule has 1 rings (SSSR count). The Morgan fingerprint density at radius 2 is 1.72 bits per heavy atom. The Bertz CT molecular complexity index is 490. The number of nitrogens with one attached hydrogen (secondary N) is 2. The number of carboxylic acid groups (broad SMARTS) is 2. The Labute approximate surface area is 116 Å². The molecule has 0 fully saturated rings. The van der Waals surface area contributed by atoms with Crippen molar-refractivity contribution in [3.05, 3.63) is 32.6 Å². The van der Waals surface area contributed by atoms with Crippen molar-refractivity contribution in [1.82, 2.24) is 9.97 Å². The van der Waals surface area contributed by atoms with Gasteiger partial charge >= 0.3 is 28.7 Å². The Morgan fingerprint density at radius 1 is 1.28 bits per heavy atom. The molecular formula is C8H8MgN2O7. The molecule has 1 atom stereocenters. The summed E-state index contributed by atoms with van der Waals surface area (Å²) in [6.45, 7) is 1.13. The molecule has 0 saturated heterocycles. The second kappa shape index (κ2) is 8.44. The van der Waals surface area contributed by atoms with Gasteiger partial charge in [-0.25, -0.2) is 4.79 Å². The Morgan fingerprint density at radius 3 is 2.00 bits per heavy atom. The first-order valence-electron chi connectivity index (χ1n) is 4.18. The van der Waals surface area contributed by atoms with Crippen LogP contribution in [0.1, 0.15) is 17.4 Å². The molecule has 0 radical (unpaired) electrons. The number of aliphatic hydroxyl groups is 1. The van der Waals surface area contributed by atoms with Crippen molar-refractivity contribution in [1.29, 1.82) is 0 Å². The molecule has 0 bridgehead atoms. The molecule has 0 aromatic carbocycles. The van der Waals surface area contributed by atoms with Crippen LogP contribution in [0.25, 0.3) is 0 Å². The summed E-state index contributed by atoms with van der Waals surface area (Å²) in [6.07, 6.45) is -1.34. The minimum absolute atomic E-state index is 0. The van der Waals surface area contributed by atoms with Crippen molar-refractivity contribution >= 4 is 35.0 Å². The second-order valence-corrected chi connectivity index (χ2v) is 2.78. The van der Waals surface area contributed by atoms with E-state index in [0.29, 0.717) is 0 Å². The Kier molecular flexibility index (Phi) is 8.77. The molecule has 1 aromatic rings. The number of carbonyl (C=O) groups excluding carboxylic acids is 2. The van der Waals surface area contributed by atoms with E-state index in [4.69, 9.17) is 5.11 Å². The minimum atomic E-state index is -1.59. The summed E-state index contributed by atoms with van der Waals surface area (Å²) in [4.78, 5) is 44.0. The van der Waals surface area contributed by atoms with Gasteiger partial charge in [-0.2, -0.15) is 0 Å². The standard InChI is InChI=1S/C5H4N2O4.C3H6O3.Mg/c8-3-1-2(4(9)10)6-5(11)7-3;1-2(4)3(5)6;/h1H,(H,9,10)(H2,6,7,8,11);2,4H,1H3,(H,5,6);/q;;+2/p-2. The molecule has 0 aliphatic heterocycles. The summed E-state index contributed by atoms with van der Waals surface area (Å²) in [6, 6.07) is 0.733. The van der Waals surface area contributed by atoms with Gasteiger partial charge in [0.15, 0.2) is 0 Å². The number of aromatic carboxylic acids is 1. The van der Waals surface area contributed by atoms with E-state index >= 15 is 0 Å². The van der Waals surface area contributed by atoms with Crippen LogP contribution in [0, 0.1) is 0 Å². The van der Waals surface area contributed by atoms with Gasteiger partial charge in [0.05, 0.1) is 23.7 Å². The second-order valence-electron chi connectivity index (χ2n) is 2.78. The normalized spacial score (nSPS) is 10.3. The molecule has 0 spiro atoms. The SMILES string of the molecule is CC(O)C(=O)[O-].O=C([O-])c1cc(=O)[nH]c(=O)[nH]1.[Mg+2]. The summed E-state index contributed by atoms with van der Waals surface area (Å²) in [5.74, 6) is -3.02. The number of carbonyl (C=O) groups is 2. The molecule has 94 valence electrons. The quantitative estimate of drug-likeness (QED) is 0.452. The van der Waals surface area contributed by atoms with Crippen LogP contribution in [0.5, 0.6) is 0 Å². The largest absolute Gasteiger partial charge is 2.00 e. The van der Waals surface area contributed by atoms with Crippen molar-refractivity contribution < 1.29 is 24.9 Å². The third-order valence-corrected chi connectivity index (χ3v) is 1.32. The van der Waals surface area contributed by atoms with Crippen LogP contribution >= 0.6 is 0 Å². The van der Waals surface area contributed by atoms with Crippen molar-refractivity contribution in [2.75, 3.05) is 0 Å². The van der Waals surface area contributed by atoms with Crippen LogP contribution in [0.4, 0.5) is 0 Å². The molecule has 18 heavy (non-hydrogen) atoms. The maximum Gasteiger partial charge on any atom is 2.00 e. The fourth-order valence-corrected chi connectivity index (χ4v) is 0.579. The number of rotatable bonds is 2. The predicted octanol–water partition coefficient (Wildman–Crippen LogP) is -4.84. The van der Waals surface area contributed by atoms with Gasteiger partial charge in [0.1, 0.15) is 0 Å². The zero-order valence-electron chi connectivity index (χ0n) is 9.26. The van der Waals surface area contributed by atoms with E-state index in [-0.39, 0.29) is 23.1 Å². The fraction of sp³-hybridized carbons (Fsp3) is 0.250. The van der Waals surface area contributed by atoms with Crippen LogP contribution in [0.3, 0.4) is 0 Å². The van der Waals surface area contributed by atoms with Crippen LogP contribution in [-0.4, -0.2) is 56.2 Å². The molecule has 3 N–H and O–H groups in total. The average Bonchev–Trinajstić information content (AvgIpc) is 2.16. The van der Waals surface area contributed by atoms with Gasteiger partial charge in [0.2, 0.25) is 0 Å². The van der Waals surface area contributed by atoms with E-state index in [1.165, 1.54) is 0 Å². The zero-order valence-corrected chi connectivity index (χ0v) is 10.7. The maximum atomic E-state index is 10.4. The van der Waals surface area contributed by atoms with Gasteiger partial charge in [-0.3, -0.25) is 9.78 Å². The summed E-state index contributed by atoms with van der Waals surface area (Å²) in [7, 11) is 0. The van der Waals surface area contributed by atoms with Crippen LogP contribution in [-0.2, 0) is 4.79 Å². The van der Waals surface area contributed by atoms with Gasteiger partial charge < -0.3 is 29.9 Å². The smallest absolute Gasteiger partial charge is 0.547 e. The number of aromatic nitrogens is 2. The van der Waals surface area contributed by atoms with Crippen molar-refractivity contribution in [2.24, 2.45) is 0 Å². The number of hydrogen-bond acceptors (Lipinski definition) is 7. The number of carboxylic acids is 2. The van der Waals surface area contributed by atoms with E-state index < -0.39 is 35.0 Å². The van der Waals surface area contributed by atoms with Gasteiger partial charge in [0.25, 0.3) is 5.56 Å². The Hall–Kier alpha value is -1.65. The molecule has 0 saturated carbocycles. The van der Waals surface area contributed by atoms with Crippen LogP contribution in [0.15, 0.2) is 15.7 Å². The van der Waals surface area contributed by atoms with Crippen molar-refractivity contribution in [2.45, 2.75) is 13.0 Å².